The lowest BCUT2D eigenvalue weighted by Crippen LogP contribution is -2.24. The minimum atomic E-state index is -4.91. The highest BCUT2D eigenvalue weighted by atomic mass is 35.5. The Kier molecular flexibility index (Phi) is 4.16. The Morgan fingerprint density at radius 2 is 1.88 bits per heavy atom. The second kappa shape index (κ2) is 6.03. The third-order valence-electron chi connectivity index (χ3n) is 3.62. The molecule has 4 nitrogen and oxygen atoms in total. The molecule has 9 heteroatoms. The van der Waals surface area contributed by atoms with Gasteiger partial charge in [0.2, 0.25) is 0 Å². The standard InChI is InChI=1S/C16H10ClF4N3O/c1-22-14-8-6-11(18)9(16(19,20)21)7-13(8)24(15(25)23-14)12-5-3-2-4-10(12)17/h2-7H,1H3,(H,22,23,25). The number of fused-ring (bicyclic) bond motifs is 1. The van der Waals surface area contributed by atoms with Gasteiger partial charge >= 0.3 is 11.9 Å². The summed E-state index contributed by atoms with van der Waals surface area (Å²) in [6.07, 6.45) is -4.91. The van der Waals surface area contributed by atoms with E-state index in [0.717, 1.165) is 4.57 Å². The van der Waals surface area contributed by atoms with Gasteiger partial charge in [-0.3, -0.25) is 4.57 Å². The number of anilines is 1. The van der Waals surface area contributed by atoms with Crippen molar-refractivity contribution >= 4 is 28.3 Å². The lowest BCUT2D eigenvalue weighted by Gasteiger charge is -2.16. The maximum Gasteiger partial charge on any atom is 0.419 e. The summed E-state index contributed by atoms with van der Waals surface area (Å²) in [6.45, 7) is 0. The first-order chi connectivity index (χ1) is 11.7. The van der Waals surface area contributed by atoms with Gasteiger partial charge in [0, 0.05) is 12.4 Å². The van der Waals surface area contributed by atoms with Crippen LogP contribution in [-0.4, -0.2) is 16.6 Å². The first-order valence-electron chi connectivity index (χ1n) is 7.00. The molecule has 0 bridgehead atoms. The molecule has 0 atom stereocenters. The van der Waals surface area contributed by atoms with E-state index in [0.29, 0.717) is 12.1 Å². The minimum Gasteiger partial charge on any atom is -0.372 e. The highest BCUT2D eigenvalue weighted by molar-refractivity contribution is 6.32. The van der Waals surface area contributed by atoms with Gasteiger partial charge in [-0.15, -0.1) is 0 Å². The van der Waals surface area contributed by atoms with Gasteiger partial charge in [0.15, 0.2) is 0 Å². The molecule has 1 heterocycles. The summed E-state index contributed by atoms with van der Waals surface area (Å²) in [6, 6.07) is 7.40. The predicted molar refractivity (Wildman–Crippen MR) is 86.9 cm³/mol. The number of aromatic nitrogens is 2. The average molecular weight is 372 g/mol. The summed E-state index contributed by atoms with van der Waals surface area (Å²) >= 11 is 6.07. The summed E-state index contributed by atoms with van der Waals surface area (Å²) in [7, 11) is 1.43. The Balaban J connectivity index is 2.51. The van der Waals surface area contributed by atoms with Gasteiger partial charge < -0.3 is 5.32 Å². The van der Waals surface area contributed by atoms with Crippen LogP contribution >= 0.6 is 11.6 Å². The quantitative estimate of drug-likeness (QED) is 0.685. The number of hydrogen-bond acceptors (Lipinski definition) is 3. The molecule has 0 aliphatic heterocycles. The van der Waals surface area contributed by atoms with Crippen LogP contribution in [0.5, 0.6) is 0 Å². The second-order valence-corrected chi connectivity index (χ2v) is 5.53. The van der Waals surface area contributed by atoms with Crippen LogP contribution in [0.1, 0.15) is 5.56 Å². The van der Waals surface area contributed by atoms with Crippen LogP contribution in [0.25, 0.3) is 16.6 Å². The van der Waals surface area contributed by atoms with Gasteiger partial charge in [0.05, 0.1) is 21.8 Å². The molecule has 130 valence electrons. The van der Waals surface area contributed by atoms with Crippen molar-refractivity contribution in [3.05, 3.63) is 63.3 Å². The number of alkyl halides is 3. The average Bonchev–Trinajstić information content (AvgIpc) is 2.54. The van der Waals surface area contributed by atoms with Crippen molar-refractivity contribution < 1.29 is 17.6 Å². The number of nitrogens with one attached hydrogen (secondary N) is 1. The highest BCUT2D eigenvalue weighted by Gasteiger charge is 2.35. The topological polar surface area (TPSA) is 46.9 Å². The van der Waals surface area contributed by atoms with E-state index in [1.54, 1.807) is 12.1 Å². The van der Waals surface area contributed by atoms with Crippen LogP contribution in [-0.2, 0) is 6.18 Å². The summed E-state index contributed by atoms with van der Waals surface area (Å²) in [5.74, 6) is -1.49. The fraction of sp³-hybridized carbons (Fsp3) is 0.125. The molecule has 0 fully saturated rings. The lowest BCUT2D eigenvalue weighted by atomic mass is 10.1. The molecule has 2 aromatic carbocycles. The van der Waals surface area contributed by atoms with Crippen molar-refractivity contribution in [3.63, 3.8) is 0 Å². The second-order valence-electron chi connectivity index (χ2n) is 5.13. The Morgan fingerprint density at radius 3 is 2.48 bits per heavy atom. The highest BCUT2D eigenvalue weighted by Crippen LogP contribution is 2.35. The Hall–Kier alpha value is -2.61. The SMILES string of the molecule is CNc1nc(=O)n(-c2ccccc2Cl)c2cc(C(F)(F)F)c(F)cc12. The zero-order chi connectivity index (χ0) is 18.4. The van der Waals surface area contributed by atoms with E-state index >= 15 is 0 Å². The van der Waals surface area contributed by atoms with Crippen molar-refractivity contribution in [2.45, 2.75) is 6.18 Å². The molecule has 3 rings (SSSR count). The molecule has 1 N–H and O–H groups in total. The third kappa shape index (κ3) is 2.93. The molecule has 0 saturated carbocycles. The molecule has 25 heavy (non-hydrogen) atoms. The van der Waals surface area contributed by atoms with Gasteiger partial charge in [-0.25, -0.2) is 9.18 Å². The maximum atomic E-state index is 14.0. The minimum absolute atomic E-state index is 0.0209. The maximum absolute atomic E-state index is 14.0. The van der Waals surface area contributed by atoms with Crippen molar-refractivity contribution in [1.29, 1.82) is 0 Å². The first kappa shape index (κ1) is 17.2. The largest absolute Gasteiger partial charge is 0.419 e. The van der Waals surface area contributed by atoms with Crippen LogP contribution < -0.4 is 11.0 Å². The Morgan fingerprint density at radius 1 is 1.20 bits per heavy atom. The van der Waals surface area contributed by atoms with Crippen molar-refractivity contribution in [2.24, 2.45) is 0 Å². The Labute approximate surface area is 143 Å². The fourth-order valence-electron chi connectivity index (χ4n) is 2.52. The number of hydrogen-bond donors (Lipinski definition) is 1. The van der Waals surface area contributed by atoms with Crippen LogP contribution in [0.4, 0.5) is 23.4 Å². The van der Waals surface area contributed by atoms with Crippen LogP contribution in [0, 0.1) is 5.82 Å². The van der Waals surface area contributed by atoms with E-state index in [-0.39, 0.29) is 27.4 Å². The fourth-order valence-corrected chi connectivity index (χ4v) is 2.74. The molecule has 3 aromatic rings. The molecule has 0 aliphatic rings. The number of benzene rings is 2. The summed E-state index contributed by atoms with van der Waals surface area (Å²) in [5.41, 5.74) is -2.33. The van der Waals surface area contributed by atoms with Gasteiger partial charge in [-0.2, -0.15) is 18.2 Å². The van der Waals surface area contributed by atoms with Crippen molar-refractivity contribution in [1.82, 2.24) is 9.55 Å². The molecule has 1 aromatic heterocycles. The van der Waals surface area contributed by atoms with E-state index in [1.807, 2.05) is 0 Å². The number of nitrogens with zero attached hydrogens (tertiary/aromatic N) is 2. The monoisotopic (exact) mass is 371 g/mol. The number of halogens is 5. The van der Waals surface area contributed by atoms with E-state index in [1.165, 1.54) is 19.2 Å². The van der Waals surface area contributed by atoms with Gasteiger partial charge in [-0.1, -0.05) is 23.7 Å². The molecule has 0 unspecified atom stereocenters. The first-order valence-corrected chi connectivity index (χ1v) is 7.38. The zero-order valence-electron chi connectivity index (χ0n) is 12.7. The molecule has 0 saturated heterocycles. The third-order valence-corrected chi connectivity index (χ3v) is 3.94. The van der Waals surface area contributed by atoms with Crippen LogP contribution in [0.3, 0.4) is 0 Å². The van der Waals surface area contributed by atoms with Crippen molar-refractivity contribution in [2.75, 3.05) is 12.4 Å². The van der Waals surface area contributed by atoms with Crippen LogP contribution in [0.2, 0.25) is 5.02 Å². The zero-order valence-corrected chi connectivity index (χ0v) is 13.4. The van der Waals surface area contributed by atoms with Gasteiger partial charge in [0.1, 0.15) is 11.6 Å². The normalized spacial score (nSPS) is 11.8. The van der Waals surface area contributed by atoms with Gasteiger partial charge in [-0.05, 0) is 24.3 Å². The molecular formula is C16H10ClF4N3O. The number of para-hydroxylation sites is 1. The summed E-state index contributed by atoms with van der Waals surface area (Å²) in [5, 5.41) is 2.75. The Bertz CT molecular complexity index is 1030. The lowest BCUT2D eigenvalue weighted by molar-refractivity contribution is -0.139. The molecule has 0 spiro atoms. The summed E-state index contributed by atoms with van der Waals surface area (Å²) in [4.78, 5) is 16.1. The van der Waals surface area contributed by atoms with E-state index in [2.05, 4.69) is 10.3 Å². The van der Waals surface area contributed by atoms with Gasteiger partial charge in [0.25, 0.3) is 0 Å². The molecule has 0 radical (unpaired) electrons. The number of rotatable bonds is 2. The predicted octanol–water partition coefficient (Wildman–Crippen LogP) is 4.24. The smallest absolute Gasteiger partial charge is 0.372 e. The van der Waals surface area contributed by atoms with Crippen molar-refractivity contribution in [3.8, 4) is 5.69 Å². The van der Waals surface area contributed by atoms with E-state index in [9.17, 15) is 22.4 Å². The molecule has 0 amide bonds. The van der Waals surface area contributed by atoms with Crippen LogP contribution in [0.15, 0.2) is 41.2 Å². The molecular weight excluding hydrogens is 362 g/mol. The molecule has 0 aliphatic carbocycles. The van der Waals surface area contributed by atoms with E-state index in [4.69, 9.17) is 11.6 Å². The summed E-state index contributed by atoms with van der Waals surface area (Å²) < 4.78 is 54.1. The van der Waals surface area contributed by atoms with E-state index < -0.39 is 23.2 Å².